The number of furan rings is 1. The van der Waals surface area contributed by atoms with Gasteiger partial charge >= 0.3 is 0 Å². The Labute approximate surface area is 125 Å². The van der Waals surface area contributed by atoms with Crippen molar-refractivity contribution in [1.29, 1.82) is 0 Å². The predicted molar refractivity (Wildman–Crippen MR) is 87.2 cm³/mol. The van der Waals surface area contributed by atoms with Gasteiger partial charge < -0.3 is 15.5 Å². The largest absolute Gasteiger partial charge is 0.469 e. The van der Waals surface area contributed by atoms with Crippen molar-refractivity contribution in [1.82, 2.24) is 0 Å². The molecule has 0 bridgehead atoms. The summed E-state index contributed by atoms with van der Waals surface area (Å²) in [6.45, 7) is 4.18. The lowest BCUT2D eigenvalue weighted by atomic mass is 10.1. The molecular formula is C16H20N2OS. The number of aryl methyl sites for hydroxylation is 2. The second-order valence-corrected chi connectivity index (χ2v) is 5.52. The quantitative estimate of drug-likeness (QED) is 0.797. The fourth-order valence-corrected chi connectivity index (χ4v) is 2.31. The molecule has 0 spiro atoms. The van der Waals surface area contributed by atoms with Gasteiger partial charge in [0.25, 0.3) is 0 Å². The lowest BCUT2D eigenvalue weighted by Gasteiger charge is -2.18. The van der Waals surface area contributed by atoms with Crippen molar-refractivity contribution in [3.8, 4) is 0 Å². The molecule has 3 nitrogen and oxygen atoms in total. The normalized spacial score (nSPS) is 12.1. The van der Waals surface area contributed by atoms with Gasteiger partial charge in [-0.05, 0) is 44.5 Å². The molecule has 0 fully saturated rings. The van der Waals surface area contributed by atoms with Crippen LogP contribution in [0.25, 0.3) is 0 Å². The molecule has 1 aromatic heterocycles. The summed E-state index contributed by atoms with van der Waals surface area (Å²) in [7, 11) is 0. The van der Waals surface area contributed by atoms with Gasteiger partial charge in [-0.2, -0.15) is 0 Å². The van der Waals surface area contributed by atoms with Crippen LogP contribution in [0.5, 0.6) is 0 Å². The zero-order valence-corrected chi connectivity index (χ0v) is 12.7. The first-order valence-electron chi connectivity index (χ1n) is 6.75. The number of anilines is 1. The standard InChI is InChI=1S/C16H20N2OS/c1-11-5-8-15(14(10-11)16(17)20)18-12(2)6-7-13-4-3-9-19-13/h3-5,8-10,12,18H,6-7H2,1-2H3,(H2,17,20). The third kappa shape index (κ3) is 3.84. The Balaban J connectivity index is 2.00. The summed E-state index contributed by atoms with van der Waals surface area (Å²) < 4.78 is 5.34. The van der Waals surface area contributed by atoms with E-state index in [1.807, 2.05) is 31.2 Å². The van der Waals surface area contributed by atoms with E-state index in [0.717, 1.165) is 35.4 Å². The monoisotopic (exact) mass is 288 g/mol. The minimum Gasteiger partial charge on any atom is -0.469 e. The molecule has 20 heavy (non-hydrogen) atoms. The first-order valence-corrected chi connectivity index (χ1v) is 7.16. The maximum atomic E-state index is 5.79. The lowest BCUT2D eigenvalue weighted by Crippen LogP contribution is -2.20. The van der Waals surface area contributed by atoms with Crippen molar-refractivity contribution in [3.05, 3.63) is 53.5 Å². The molecule has 0 aliphatic heterocycles. The third-order valence-electron chi connectivity index (χ3n) is 3.25. The summed E-state index contributed by atoms with van der Waals surface area (Å²) in [5.41, 5.74) is 8.84. The Kier molecular flexibility index (Phi) is 4.79. The number of rotatable bonds is 6. The maximum Gasteiger partial charge on any atom is 0.106 e. The number of nitrogens with one attached hydrogen (secondary N) is 1. The van der Waals surface area contributed by atoms with Crippen LogP contribution in [0.15, 0.2) is 41.0 Å². The Morgan fingerprint density at radius 1 is 1.40 bits per heavy atom. The molecule has 1 heterocycles. The molecule has 3 N–H and O–H groups in total. The lowest BCUT2D eigenvalue weighted by molar-refractivity contribution is 0.495. The maximum absolute atomic E-state index is 5.79. The number of benzene rings is 1. The van der Waals surface area contributed by atoms with E-state index in [1.54, 1.807) is 6.26 Å². The van der Waals surface area contributed by atoms with Gasteiger partial charge in [0.15, 0.2) is 0 Å². The summed E-state index contributed by atoms with van der Waals surface area (Å²) in [5, 5.41) is 3.47. The van der Waals surface area contributed by atoms with Gasteiger partial charge in [0, 0.05) is 23.7 Å². The Morgan fingerprint density at radius 3 is 2.85 bits per heavy atom. The third-order valence-corrected chi connectivity index (χ3v) is 3.47. The molecule has 4 heteroatoms. The van der Waals surface area contributed by atoms with Crippen molar-refractivity contribution >= 4 is 22.9 Å². The van der Waals surface area contributed by atoms with Crippen molar-refractivity contribution in [2.45, 2.75) is 32.7 Å². The van der Waals surface area contributed by atoms with E-state index in [-0.39, 0.29) is 0 Å². The Hall–Kier alpha value is -1.81. The van der Waals surface area contributed by atoms with E-state index >= 15 is 0 Å². The van der Waals surface area contributed by atoms with Crippen molar-refractivity contribution < 1.29 is 4.42 Å². The average molecular weight is 288 g/mol. The minimum absolute atomic E-state index is 0.316. The van der Waals surface area contributed by atoms with Gasteiger partial charge in [0.2, 0.25) is 0 Å². The molecule has 0 aliphatic carbocycles. The van der Waals surface area contributed by atoms with Crippen LogP contribution in [0.1, 0.15) is 30.2 Å². The van der Waals surface area contributed by atoms with E-state index in [0.29, 0.717) is 11.0 Å². The fraction of sp³-hybridized carbons (Fsp3) is 0.312. The number of nitrogens with two attached hydrogens (primary N) is 1. The molecule has 0 aliphatic rings. The topological polar surface area (TPSA) is 51.2 Å². The van der Waals surface area contributed by atoms with Crippen LogP contribution in [-0.2, 0) is 6.42 Å². The van der Waals surface area contributed by atoms with E-state index < -0.39 is 0 Å². The smallest absolute Gasteiger partial charge is 0.106 e. The van der Waals surface area contributed by atoms with Gasteiger partial charge in [-0.15, -0.1) is 0 Å². The number of thiocarbonyl (C=S) groups is 1. The summed E-state index contributed by atoms with van der Waals surface area (Å²) >= 11 is 5.11. The van der Waals surface area contributed by atoms with Crippen LogP contribution >= 0.6 is 12.2 Å². The summed E-state index contributed by atoms with van der Waals surface area (Å²) in [6.07, 6.45) is 3.60. The first kappa shape index (κ1) is 14.6. The molecular weight excluding hydrogens is 268 g/mol. The highest BCUT2D eigenvalue weighted by Gasteiger charge is 2.09. The van der Waals surface area contributed by atoms with Crippen LogP contribution in [0.2, 0.25) is 0 Å². The highest BCUT2D eigenvalue weighted by atomic mass is 32.1. The zero-order chi connectivity index (χ0) is 14.5. The molecule has 0 saturated carbocycles. The van der Waals surface area contributed by atoms with E-state index in [2.05, 4.69) is 18.3 Å². The SMILES string of the molecule is Cc1ccc(NC(C)CCc2ccco2)c(C(N)=S)c1. The van der Waals surface area contributed by atoms with Crippen LogP contribution in [0, 0.1) is 6.92 Å². The van der Waals surface area contributed by atoms with E-state index in [4.69, 9.17) is 22.4 Å². The van der Waals surface area contributed by atoms with Crippen LogP contribution in [-0.4, -0.2) is 11.0 Å². The van der Waals surface area contributed by atoms with Crippen LogP contribution in [0.3, 0.4) is 0 Å². The fourth-order valence-electron chi connectivity index (χ4n) is 2.14. The van der Waals surface area contributed by atoms with Gasteiger partial charge in [-0.3, -0.25) is 0 Å². The summed E-state index contributed by atoms with van der Waals surface area (Å²) in [5.74, 6) is 1.01. The van der Waals surface area contributed by atoms with Gasteiger partial charge in [0.05, 0.1) is 6.26 Å². The zero-order valence-electron chi connectivity index (χ0n) is 11.8. The van der Waals surface area contributed by atoms with Crippen LogP contribution < -0.4 is 11.1 Å². The van der Waals surface area contributed by atoms with Gasteiger partial charge in [0.1, 0.15) is 10.7 Å². The van der Waals surface area contributed by atoms with Crippen molar-refractivity contribution in [3.63, 3.8) is 0 Å². The van der Waals surface area contributed by atoms with Gasteiger partial charge in [-0.25, -0.2) is 0 Å². The molecule has 106 valence electrons. The molecule has 0 amide bonds. The number of hydrogen-bond donors (Lipinski definition) is 2. The molecule has 1 unspecified atom stereocenters. The first-order chi connectivity index (χ1) is 9.56. The number of hydrogen-bond acceptors (Lipinski definition) is 3. The van der Waals surface area contributed by atoms with E-state index in [9.17, 15) is 0 Å². The summed E-state index contributed by atoms with van der Waals surface area (Å²) in [6, 6.07) is 10.3. The second-order valence-electron chi connectivity index (χ2n) is 5.08. The van der Waals surface area contributed by atoms with E-state index in [1.165, 1.54) is 0 Å². The van der Waals surface area contributed by atoms with Crippen LogP contribution in [0.4, 0.5) is 5.69 Å². The average Bonchev–Trinajstić information content (AvgIpc) is 2.91. The molecule has 0 saturated heterocycles. The van der Waals surface area contributed by atoms with Crippen molar-refractivity contribution in [2.24, 2.45) is 5.73 Å². The van der Waals surface area contributed by atoms with Gasteiger partial charge in [-0.1, -0.05) is 23.8 Å². The Morgan fingerprint density at radius 2 is 2.20 bits per heavy atom. The molecule has 1 atom stereocenters. The second kappa shape index (κ2) is 6.57. The minimum atomic E-state index is 0.316. The Bertz CT molecular complexity index is 578. The molecule has 1 aromatic carbocycles. The highest BCUT2D eigenvalue weighted by Crippen LogP contribution is 2.19. The summed E-state index contributed by atoms with van der Waals surface area (Å²) in [4.78, 5) is 0.425. The highest BCUT2D eigenvalue weighted by molar-refractivity contribution is 7.80. The molecule has 2 rings (SSSR count). The molecule has 0 radical (unpaired) electrons. The van der Waals surface area contributed by atoms with Crippen molar-refractivity contribution in [2.75, 3.05) is 5.32 Å². The predicted octanol–water partition coefficient (Wildman–Crippen LogP) is 3.66. The molecule has 2 aromatic rings.